The Kier molecular flexibility index (Phi) is 3.16. The molecule has 1 rings (SSSR count). The van der Waals surface area contributed by atoms with Crippen LogP contribution < -0.4 is 4.74 Å². The maximum absolute atomic E-state index is 8.57. The molecule has 0 aliphatic heterocycles. The van der Waals surface area contributed by atoms with Gasteiger partial charge in [0.1, 0.15) is 5.75 Å². The Bertz CT molecular complexity index is 355. The lowest BCUT2D eigenvalue weighted by atomic mass is 10.1. The van der Waals surface area contributed by atoms with Gasteiger partial charge in [0.25, 0.3) is 0 Å². The number of nitriles is 1. The monoisotopic (exact) mass is 195 g/mol. The molecule has 1 aromatic rings. The molecule has 0 aliphatic rings. The number of hydrogen-bond acceptors (Lipinski definition) is 2. The van der Waals surface area contributed by atoms with Crippen molar-refractivity contribution in [2.75, 3.05) is 7.11 Å². The zero-order valence-corrected chi connectivity index (χ0v) is 8.35. The van der Waals surface area contributed by atoms with Gasteiger partial charge >= 0.3 is 0 Å². The van der Waals surface area contributed by atoms with Crippen molar-refractivity contribution in [3.8, 4) is 11.8 Å². The van der Waals surface area contributed by atoms with Crippen LogP contribution in [0, 0.1) is 18.3 Å². The fourth-order valence-corrected chi connectivity index (χ4v) is 1.60. The molecule has 0 heterocycles. The first-order chi connectivity index (χ1) is 6.19. The van der Waals surface area contributed by atoms with Crippen LogP contribution in [0.1, 0.15) is 11.1 Å². The summed E-state index contributed by atoms with van der Waals surface area (Å²) in [5.74, 6) is 0.756. The van der Waals surface area contributed by atoms with Gasteiger partial charge in [-0.15, -0.1) is 0 Å². The van der Waals surface area contributed by atoms with Crippen LogP contribution in [0.2, 0.25) is 5.02 Å². The molecule has 0 N–H and O–H groups in total. The molecular formula is C10H10ClNO. The van der Waals surface area contributed by atoms with Crippen LogP contribution in [0.5, 0.6) is 5.75 Å². The standard InChI is InChI=1S/C10H10ClNO/c1-7-5-9(11)6-8(3-4-12)10(7)13-2/h5-6H,3H2,1-2H3. The molecule has 0 atom stereocenters. The van der Waals surface area contributed by atoms with E-state index in [9.17, 15) is 0 Å². The molecule has 0 aromatic heterocycles. The Morgan fingerprint density at radius 2 is 2.23 bits per heavy atom. The number of hydrogen-bond donors (Lipinski definition) is 0. The lowest BCUT2D eigenvalue weighted by Gasteiger charge is -2.09. The number of rotatable bonds is 2. The molecule has 0 radical (unpaired) electrons. The molecule has 1 aromatic carbocycles. The maximum atomic E-state index is 8.57. The van der Waals surface area contributed by atoms with Crippen molar-refractivity contribution in [1.82, 2.24) is 0 Å². The first-order valence-corrected chi connectivity index (χ1v) is 4.26. The van der Waals surface area contributed by atoms with E-state index in [2.05, 4.69) is 6.07 Å². The summed E-state index contributed by atoms with van der Waals surface area (Å²) in [5, 5.41) is 9.21. The van der Waals surface area contributed by atoms with Gasteiger partial charge in [-0.05, 0) is 24.6 Å². The molecule has 13 heavy (non-hydrogen) atoms. The highest BCUT2D eigenvalue weighted by molar-refractivity contribution is 6.30. The van der Waals surface area contributed by atoms with Gasteiger partial charge in [-0.1, -0.05) is 11.6 Å². The van der Waals surface area contributed by atoms with E-state index in [1.807, 2.05) is 13.0 Å². The summed E-state index contributed by atoms with van der Waals surface area (Å²) in [6.45, 7) is 1.91. The quantitative estimate of drug-likeness (QED) is 0.727. The van der Waals surface area contributed by atoms with Crippen LogP contribution in [0.15, 0.2) is 12.1 Å². The van der Waals surface area contributed by atoms with Crippen molar-refractivity contribution in [2.24, 2.45) is 0 Å². The van der Waals surface area contributed by atoms with E-state index in [4.69, 9.17) is 21.6 Å². The Labute approximate surface area is 82.7 Å². The molecule has 0 saturated carbocycles. The number of methoxy groups -OCH3 is 1. The van der Waals surface area contributed by atoms with E-state index in [1.54, 1.807) is 13.2 Å². The zero-order chi connectivity index (χ0) is 9.84. The Morgan fingerprint density at radius 1 is 1.54 bits per heavy atom. The van der Waals surface area contributed by atoms with Crippen molar-refractivity contribution in [3.63, 3.8) is 0 Å². The lowest BCUT2D eigenvalue weighted by molar-refractivity contribution is 0.407. The molecule has 0 spiro atoms. The molecular weight excluding hydrogens is 186 g/mol. The van der Waals surface area contributed by atoms with Crippen molar-refractivity contribution in [2.45, 2.75) is 13.3 Å². The molecule has 2 nitrogen and oxygen atoms in total. The molecule has 0 fully saturated rings. The van der Waals surface area contributed by atoms with Crippen LogP contribution in [0.3, 0.4) is 0 Å². The third-order valence-electron chi connectivity index (χ3n) is 1.79. The highest BCUT2D eigenvalue weighted by Crippen LogP contribution is 2.27. The highest BCUT2D eigenvalue weighted by Gasteiger charge is 2.07. The summed E-state index contributed by atoms with van der Waals surface area (Å²) < 4.78 is 5.17. The average molecular weight is 196 g/mol. The van der Waals surface area contributed by atoms with Crippen molar-refractivity contribution in [3.05, 3.63) is 28.3 Å². The first-order valence-electron chi connectivity index (χ1n) is 3.89. The second-order valence-corrected chi connectivity index (χ2v) is 3.19. The number of aryl methyl sites for hydroxylation is 1. The first kappa shape index (κ1) is 9.88. The predicted octanol–water partition coefficient (Wildman–Crippen LogP) is 2.72. The van der Waals surface area contributed by atoms with Crippen molar-refractivity contribution >= 4 is 11.6 Å². The summed E-state index contributed by atoms with van der Waals surface area (Å²) in [4.78, 5) is 0. The van der Waals surface area contributed by atoms with Gasteiger partial charge in [0.2, 0.25) is 0 Å². The van der Waals surface area contributed by atoms with Gasteiger partial charge in [0, 0.05) is 10.6 Å². The minimum atomic E-state index is 0.324. The summed E-state index contributed by atoms with van der Waals surface area (Å²) >= 11 is 5.85. The van der Waals surface area contributed by atoms with Crippen LogP contribution in [0.25, 0.3) is 0 Å². The fraction of sp³-hybridized carbons (Fsp3) is 0.300. The largest absolute Gasteiger partial charge is 0.496 e. The number of ether oxygens (including phenoxy) is 1. The van der Waals surface area contributed by atoms with Crippen LogP contribution in [0.4, 0.5) is 0 Å². The molecule has 0 saturated heterocycles. The molecule has 0 unspecified atom stereocenters. The van der Waals surface area contributed by atoms with Gasteiger partial charge in [-0.3, -0.25) is 0 Å². The smallest absolute Gasteiger partial charge is 0.126 e. The summed E-state index contributed by atoms with van der Waals surface area (Å²) in [7, 11) is 1.59. The van der Waals surface area contributed by atoms with Gasteiger partial charge < -0.3 is 4.74 Å². The topological polar surface area (TPSA) is 33.0 Å². The van der Waals surface area contributed by atoms with Crippen LogP contribution in [-0.4, -0.2) is 7.11 Å². The van der Waals surface area contributed by atoms with E-state index >= 15 is 0 Å². The molecule has 0 amide bonds. The number of halogens is 1. The Hall–Kier alpha value is -1.20. The van der Waals surface area contributed by atoms with Crippen molar-refractivity contribution in [1.29, 1.82) is 5.26 Å². The Morgan fingerprint density at radius 3 is 2.77 bits per heavy atom. The molecule has 0 aliphatic carbocycles. The summed E-state index contributed by atoms with van der Waals surface area (Å²) in [6.07, 6.45) is 0.324. The normalized spacial score (nSPS) is 9.38. The number of nitrogens with zero attached hydrogens (tertiary/aromatic N) is 1. The minimum absolute atomic E-state index is 0.324. The van der Waals surface area contributed by atoms with Crippen molar-refractivity contribution < 1.29 is 4.74 Å². The van der Waals surface area contributed by atoms with Gasteiger partial charge in [-0.2, -0.15) is 5.26 Å². The summed E-state index contributed by atoms with van der Waals surface area (Å²) in [5.41, 5.74) is 1.80. The second-order valence-electron chi connectivity index (χ2n) is 2.75. The third-order valence-corrected chi connectivity index (χ3v) is 2.01. The highest BCUT2D eigenvalue weighted by atomic mass is 35.5. The maximum Gasteiger partial charge on any atom is 0.126 e. The van der Waals surface area contributed by atoms with E-state index in [-0.39, 0.29) is 0 Å². The molecule has 68 valence electrons. The van der Waals surface area contributed by atoms with Crippen LogP contribution in [-0.2, 0) is 6.42 Å². The SMILES string of the molecule is COc1c(C)cc(Cl)cc1CC#N. The third kappa shape index (κ3) is 2.13. The average Bonchev–Trinajstić information content (AvgIpc) is 2.04. The second kappa shape index (κ2) is 4.15. The fourth-order valence-electron chi connectivity index (χ4n) is 1.31. The molecule has 0 bridgehead atoms. The number of benzene rings is 1. The van der Waals surface area contributed by atoms with E-state index < -0.39 is 0 Å². The minimum Gasteiger partial charge on any atom is -0.496 e. The van der Waals surface area contributed by atoms with E-state index in [1.165, 1.54) is 0 Å². The molecule has 3 heteroatoms. The van der Waals surface area contributed by atoms with E-state index in [0.29, 0.717) is 11.4 Å². The Balaban J connectivity index is 3.23. The predicted molar refractivity (Wildman–Crippen MR) is 52.1 cm³/mol. The summed E-state index contributed by atoms with van der Waals surface area (Å²) in [6, 6.07) is 5.66. The lowest BCUT2D eigenvalue weighted by Crippen LogP contribution is -1.94. The van der Waals surface area contributed by atoms with Gasteiger partial charge in [0.05, 0.1) is 19.6 Å². The van der Waals surface area contributed by atoms with Gasteiger partial charge in [-0.25, -0.2) is 0 Å². The zero-order valence-electron chi connectivity index (χ0n) is 7.60. The van der Waals surface area contributed by atoms with E-state index in [0.717, 1.165) is 16.9 Å². The van der Waals surface area contributed by atoms with Gasteiger partial charge in [0.15, 0.2) is 0 Å². The van der Waals surface area contributed by atoms with Crippen LogP contribution >= 0.6 is 11.6 Å².